The van der Waals surface area contributed by atoms with Crippen molar-refractivity contribution >= 4 is 0 Å². The maximum Gasteiger partial charge on any atom is 0.122 e. The second-order valence-electron chi connectivity index (χ2n) is 6.70. The number of nitrogens with zero attached hydrogens (tertiary/aromatic N) is 1. The zero-order valence-electron chi connectivity index (χ0n) is 13.3. The minimum absolute atomic E-state index is 0.366. The van der Waals surface area contributed by atoms with Crippen LogP contribution >= 0.6 is 0 Å². The summed E-state index contributed by atoms with van der Waals surface area (Å²) in [7, 11) is 0. The molecule has 0 radical (unpaired) electrons. The van der Waals surface area contributed by atoms with Crippen LogP contribution in [0.5, 0.6) is 0 Å². The molecule has 0 aliphatic carbocycles. The second kappa shape index (κ2) is 6.95. The quantitative estimate of drug-likeness (QED) is 0.905. The highest BCUT2D eigenvalue weighted by atomic mass is 16.5. The van der Waals surface area contributed by atoms with Gasteiger partial charge in [-0.05, 0) is 49.9 Å². The first-order valence-electron chi connectivity index (χ1n) is 8.34. The summed E-state index contributed by atoms with van der Waals surface area (Å²) in [6.07, 6.45) is 4.40. The highest BCUT2D eigenvalue weighted by Gasteiger charge is 2.31. The number of furan rings is 1. The number of likely N-dealkylation sites (tertiary alicyclic amines) is 1. The van der Waals surface area contributed by atoms with Crippen molar-refractivity contribution in [1.29, 1.82) is 0 Å². The van der Waals surface area contributed by atoms with E-state index in [-0.39, 0.29) is 0 Å². The van der Waals surface area contributed by atoms with Gasteiger partial charge in [0.25, 0.3) is 0 Å². The van der Waals surface area contributed by atoms with Crippen LogP contribution in [0.1, 0.15) is 38.5 Å². The SMILES string of the molecule is CC1COCC(C)C1NCC(c1ccco1)N1CCCC1. The van der Waals surface area contributed by atoms with Gasteiger partial charge in [-0.3, -0.25) is 4.90 Å². The fourth-order valence-electron chi connectivity index (χ4n) is 3.80. The first-order valence-corrected chi connectivity index (χ1v) is 8.34. The normalized spacial score (nSPS) is 32.4. The Morgan fingerprint density at radius 3 is 2.57 bits per heavy atom. The third kappa shape index (κ3) is 3.50. The summed E-state index contributed by atoms with van der Waals surface area (Å²) >= 11 is 0. The molecule has 2 aliphatic heterocycles. The third-order valence-electron chi connectivity index (χ3n) is 4.99. The van der Waals surface area contributed by atoms with Gasteiger partial charge >= 0.3 is 0 Å². The smallest absolute Gasteiger partial charge is 0.122 e. The molecule has 0 amide bonds. The van der Waals surface area contributed by atoms with Crippen LogP contribution in [-0.2, 0) is 4.74 Å². The lowest BCUT2D eigenvalue weighted by molar-refractivity contribution is -0.000178. The molecule has 2 saturated heterocycles. The van der Waals surface area contributed by atoms with Crippen molar-refractivity contribution in [2.24, 2.45) is 11.8 Å². The summed E-state index contributed by atoms with van der Waals surface area (Å²) in [6.45, 7) is 9.65. The Balaban J connectivity index is 1.64. The van der Waals surface area contributed by atoms with E-state index in [4.69, 9.17) is 9.15 Å². The van der Waals surface area contributed by atoms with E-state index in [2.05, 4.69) is 30.1 Å². The van der Waals surface area contributed by atoms with Crippen LogP contribution < -0.4 is 5.32 Å². The summed E-state index contributed by atoms with van der Waals surface area (Å²) in [5, 5.41) is 3.80. The molecule has 4 heteroatoms. The van der Waals surface area contributed by atoms with Gasteiger partial charge in [-0.25, -0.2) is 0 Å². The van der Waals surface area contributed by atoms with Crippen molar-refractivity contribution in [3.05, 3.63) is 24.2 Å². The van der Waals surface area contributed by atoms with Gasteiger partial charge in [0.15, 0.2) is 0 Å². The van der Waals surface area contributed by atoms with Crippen molar-refractivity contribution < 1.29 is 9.15 Å². The fourth-order valence-corrected chi connectivity index (χ4v) is 3.80. The highest BCUT2D eigenvalue weighted by Crippen LogP contribution is 2.26. The minimum atomic E-state index is 0.366. The van der Waals surface area contributed by atoms with Crippen molar-refractivity contribution in [2.75, 3.05) is 32.8 Å². The summed E-state index contributed by atoms with van der Waals surface area (Å²) < 4.78 is 11.3. The number of rotatable bonds is 5. The molecule has 3 unspecified atom stereocenters. The van der Waals surface area contributed by atoms with Crippen molar-refractivity contribution in [2.45, 2.75) is 38.8 Å². The van der Waals surface area contributed by atoms with Crippen molar-refractivity contribution in [1.82, 2.24) is 10.2 Å². The van der Waals surface area contributed by atoms with Gasteiger partial charge in [-0.15, -0.1) is 0 Å². The lowest BCUT2D eigenvalue weighted by Crippen LogP contribution is -2.49. The minimum Gasteiger partial charge on any atom is -0.468 e. The van der Waals surface area contributed by atoms with E-state index in [0.29, 0.717) is 23.9 Å². The molecule has 3 atom stereocenters. The summed E-state index contributed by atoms with van der Waals surface area (Å²) in [6, 6.07) is 5.02. The Morgan fingerprint density at radius 2 is 1.95 bits per heavy atom. The molecule has 2 fully saturated rings. The van der Waals surface area contributed by atoms with Gasteiger partial charge in [-0.2, -0.15) is 0 Å². The van der Waals surface area contributed by atoms with Gasteiger partial charge in [0, 0.05) is 12.6 Å². The molecule has 1 aromatic heterocycles. The molecule has 0 spiro atoms. The first kappa shape index (κ1) is 15.1. The van der Waals surface area contributed by atoms with E-state index in [1.54, 1.807) is 6.26 Å². The highest BCUT2D eigenvalue weighted by molar-refractivity contribution is 5.06. The number of ether oxygens (including phenoxy) is 1. The predicted molar refractivity (Wildman–Crippen MR) is 83.2 cm³/mol. The monoisotopic (exact) mass is 292 g/mol. The average molecular weight is 292 g/mol. The van der Waals surface area contributed by atoms with Crippen LogP contribution in [0.15, 0.2) is 22.8 Å². The zero-order valence-corrected chi connectivity index (χ0v) is 13.3. The van der Waals surface area contributed by atoms with Gasteiger partial charge in [0.2, 0.25) is 0 Å². The van der Waals surface area contributed by atoms with Gasteiger partial charge in [0.1, 0.15) is 5.76 Å². The maximum absolute atomic E-state index is 5.70. The van der Waals surface area contributed by atoms with E-state index in [1.165, 1.54) is 25.9 Å². The Kier molecular flexibility index (Phi) is 4.99. The molecule has 4 nitrogen and oxygen atoms in total. The molecule has 1 N–H and O–H groups in total. The lowest BCUT2D eigenvalue weighted by Gasteiger charge is -2.37. The van der Waals surface area contributed by atoms with Crippen molar-refractivity contribution in [3.63, 3.8) is 0 Å². The van der Waals surface area contributed by atoms with Crippen molar-refractivity contribution in [3.8, 4) is 0 Å². The van der Waals surface area contributed by atoms with E-state index in [9.17, 15) is 0 Å². The van der Waals surface area contributed by atoms with Crippen LogP contribution in [0.3, 0.4) is 0 Å². The Morgan fingerprint density at radius 1 is 1.24 bits per heavy atom. The molecule has 21 heavy (non-hydrogen) atoms. The van der Waals surface area contributed by atoms with Crippen LogP contribution in [0.25, 0.3) is 0 Å². The van der Waals surface area contributed by atoms with E-state index < -0.39 is 0 Å². The standard InChI is InChI=1S/C17H28N2O2/c1-13-11-20-12-14(2)17(13)18-10-15(16-6-5-9-21-16)19-7-3-4-8-19/h5-6,9,13-15,17-18H,3-4,7-8,10-12H2,1-2H3. The number of hydrogen-bond acceptors (Lipinski definition) is 4. The van der Waals surface area contributed by atoms with Gasteiger partial charge in [0.05, 0.1) is 25.5 Å². The summed E-state index contributed by atoms with van der Waals surface area (Å²) in [5.74, 6) is 2.24. The largest absolute Gasteiger partial charge is 0.468 e. The van der Waals surface area contributed by atoms with E-state index in [1.807, 2.05) is 6.07 Å². The summed E-state index contributed by atoms with van der Waals surface area (Å²) in [5.41, 5.74) is 0. The van der Waals surface area contributed by atoms with Crippen LogP contribution in [-0.4, -0.2) is 43.8 Å². The third-order valence-corrected chi connectivity index (χ3v) is 4.99. The molecule has 0 saturated carbocycles. The average Bonchev–Trinajstić information content (AvgIpc) is 3.15. The van der Waals surface area contributed by atoms with Crippen LogP contribution in [0.2, 0.25) is 0 Å². The second-order valence-corrected chi connectivity index (χ2v) is 6.70. The molecule has 1 aromatic rings. The van der Waals surface area contributed by atoms with E-state index in [0.717, 1.165) is 25.5 Å². The Hall–Kier alpha value is -0.840. The predicted octanol–water partition coefficient (Wildman–Crippen LogP) is 2.68. The van der Waals surface area contributed by atoms with Crippen LogP contribution in [0.4, 0.5) is 0 Å². The number of hydrogen-bond donors (Lipinski definition) is 1. The topological polar surface area (TPSA) is 37.6 Å². The van der Waals surface area contributed by atoms with Gasteiger partial charge < -0.3 is 14.5 Å². The molecule has 0 bridgehead atoms. The lowest BCUT2D eigenvalue weighted by atomic mass is 9.89. The molecule has 118 valence electrons. The van der Waals surface area contributed by atoms with Crippen LogP contribution in [0, 0.1) is 11.8 Å². The van der Waals surface area contributed by atoms with E-state index >= 15 is 0 Å². The zero-order chi connectivity index (χ0) is 14.7. The summed E-state index contributed by atoms with van der Waals surface area (Å²) in [4.78, 5) is 2.56. The molecule has 2 aliphatic rings. The number of nitrogens with one attached hydrogen (secondary N) is 1. The molecular formula is C17H28N2O2. The van der Waals surface area contributed by atoms with Gasteiger partial charge in [-0.1, -0.05) is 13.8 Å². The molecular weight excluding hydrogens is 264 g/mol. The first-order chi connectivity index (χ1) is 10.3. The molecule has 3 rings (SSSR count). The molecule has 3 heterocycles. The maximum atomic E-state index is 5.70. The fraction of sp³-hybridized carbons (Fsp3) is 0.765. The molecule has 0 aromatic carbocycles. The Labute approximate surface area is 127 Å². The Bertz CT molecular complexity index is 404.